The zero-order valence-corrected chi connectivity index (χ0v) is 68.0. The fraction of sp³-hybridized carbons (Fsp3) is 0.377. The first kappa shape index (κ1) is 91.4. The number of phenolic OH excluding ortho intramolecular Hbond substituents is 1. The third kappa shape index (κ3) is 23.6. The van der Waals surface area contributed by atoms with Gasteiger partial charge in [-0.1, -0.05) is 30.3 Å². The number of anilines is 4. The summed E-state index contributed by atoms with van der Waals surface area (Å²) in [5, 5.41) is 21.3. The van der Waals surface area contributed by atoms with E-state index in [-0.39, 0.29) is 139 Å². The molecule has 0 spiro atoms. The number of nitrogens with two attached hydrogens (primary N) is 1. The monoisotopic (exact) mass is 1780 g/mol. The zero-order chi connectivity index (χ0) is 83.0. The van der Waals surface area contributed by atoms with Crippen LogP contribution >= 0.6 is 44.3 Å². The number of furan rings is 1. The molecular formula is C77H86Br2ClF10N13O13. The number of nitrogens with one attached hydrogen (secondary N) is 1. The molecule has 39 heteroatoms. The predicted octanol–water partition coefficient (Wildman–Crippen LogP) is 13.6. The number of nitrogen functional groups attached to an aromatic ring is 1. The van der Waals surface area contributed by atoms with Crippen LogP contribution in [0.4, 0.5) is 71.7 Å². The second kappa shape index (κ2) is 43.7. The van der Waals surface area contributed by atoms with Gasteiger partial charge in [-0.2, -0.15) is 36.6 Å². The van der Waals surface area contributed by atoms with Crippen LogP contribution in [0.1, 0.15) is 32.4 Å². The molecule has 7 heterocycles. The lowest BCUT2D eigenvalue weighted by molar-refractivity contribution is -0.134. The van der Waals surface area contributed by atoms with Gasteiger partial charge in [0.25, 0.3) is 5.91 Å². The molecule has 1 unspecified atom stereocenters. The van der Waals surface area contributed by atoms with Crippen molar-refractivity contribution in [3.05, 3.63) is 188 Å². The van der Waals surface area contributed by atoms with E-state index in [4.69, 9.17) is 57.9 Å². The van der Waals surface area contributed by atoms with Crippen LogP contribution in [-0.4, -0.2) is 222 Å². The van der Waals surface area contributed by atoms with E-state index in [1.807, 2.05) is 35.2 Å². The molecule has 4 aromatic heterocycles. The number of benzene rings is 6. The van der Waals surface area contributed by atoms with Crippen molar-refractivity contribution in [2.24, 2.45) is 0 Å². The lowest BCUT2D eigenvalue weighted by Crippen LogP contribution is -2.51. The molecule has 26 nitrogen and oxygen atoms in total. The summed E-state index contributed by atoms with van der Waals surface area (Å²) in [4.78, 5) is 44.0. The van der Waals surface area contributed by atoms with E-state index in [2.05, 4.69) is 57.3 Å². The number of hydrogen-bond donors (Lipinski definition) is 3. The van der Waals surface area contributed by atoms with Crippen molar-refractivity contribution in [3.63, 3.8) is 0 Å². The molecule has 0 bridgehead atoms. The molecule has 6 aromatic carbocycles. The molecule has 4 N–H and O–H groups in total. The second-order valence-electron chi connectivity index (χ2n) is 26.1. The van der Waals surface area contributed by atoms with Crippen LogP contribution < -0.4 is 44.7 Å². The Morgan fingerprint density at radius 2 is 0.948 bits per heavy atom. The minimum absolute atomic E-state index is 0. The Morgan fingerprint density at radius 1 is 0.517 bits per heavy atom. The Kier molecular flexibility index (Phi) is 34.5. The molecule has 116 heavy (non-hydrogen) atoms. The fourth-order valence-electron chi connectivity index (χ4n) is 11.6. The summed E-state index contributed by atoms with van der Waals surface area (Å²) in [7, 11) is 6.02. The maximum atomic E-state index is 15.1. The van der Waals surface area contributed by atoms with Gasteiger partial charge in [0.2, 0.25) is 40.9 Å². The molecule has 3 aliphatic rings. The van der Waals surface area contributed by atoms with Crippen LogP contribution in [0.25, 0.3) is 28.3 Å². The number of rotatable bonds is 23. The van der Waals surface area contributed by atoms with Crippen molar-refractivity contribution in [1.29, 1.82) is 0 Å². The Bertz CT molecular complexity index is 4830. The van der Waals surface area contributed by atoms with Crippen molar-refractivity contribution >= 4 is 96.0 Å². The molecule has 10 aromatic rings. The van der Waals surface area contributed by atoms with E-state index >= 15 is 4.39 Å². The third-order valence-corrected chi connectivity index (χ3v) is 18.6. The summed E-state index contributed by atoms with van der Waals surface area (Å²) < 4.78 is 191. The molecule has 2 amide bonds. The standard InChI is InChI=1S/C31H29F2N9O4.C18H26F2N2O4.C13H18F2N2O2.C9H9BrF2O2.C6H3BrF2O.ClH/c1-44-16-17-46-22-10-9-21(24(32)25(22)33)39-11-13-40(14-12-39)30(43)26(19-6-3-2-4-7-19)41-29-20(18-35-41)28-36-27(23-8-5-15-45-23)38-42(28)31(34)37-29;1-18(2,3)26-17(23)22-9-7-21(8-10-22)13-5-6-14(16(20)15(13)19)25-12-11-24-4;1-18-8-9-19-11-3-2-10(12(14)13(11)15)17-6-4-16-5-7-17;1-13-4-5-14-7-3-2-6(10)8(11)9(7)12;7-3-1-2-4(10)6(9)5(3)8;/h2-10,15,18,26H,11-14,16-17H2,1H3,(H2,34,37);5-6H,7-12H2,1-4H3;2-3,16H,4-9H2,1H3;2-3H,4-5H2,1H3;1-2,10H;1H. The average Bonchev–Trinajstić information content (AvgIpc) is 0.898. The van der Waals surface area contributed by atoms with Crippen LogP contribution in [0.5, 0.6) is 28.7 Å². The topological polar surface area (TPSA) is 266 Å². The molecule has 628 valence electrons. The highest BCUT2D eigenvalue weighted by Crippen LogP contribution is 2.36. The Balaban J connectivity index is 0.000000202. The average molecular weight is 1790 g/mol. The minimum Gasteiger partial charge on any atom is -0.505 e. The number of nitrogens with zero attached hydrogens (tertiary/aromatic N) is 11. The van der Waals surface area contributed by atoms with Crippen molar-refractivity contribution in [1.82, 2.24) is 44.5 Å². The summed E-state index contributed by atoms with van der Waals surface area (Å²) in [6.45, 7) is 12.7. The van der Waals surface area contributed by atoms with E-state index in [0.29, 0.717) is 86.3 Å². The van der Waals surface area contributed by atoms with Gasteiger partial charge in [-0.15, -0.1) is 17.5 Å². The van der Waals surface area contributed by atoms with Gasteiger partial charge in [0.05, 0.1) is 70.3 Å². The van der Waals surface area contributed by atoms with Gasteiger partial charge in [-0.05, 0) is 131 Å². The van der Waals surface area contributed by atoms with Gasteiger partial charge in [0.1, 0.15) is 32.0 Å². The van der Waals surface area contributed by atoms with Crippen molar-refractivity contribution in [3.8, 4) is 40.3 Å². The van der Waals surface area contributed by atoms with Gasteiger partial charge in [0, 0.05) is 107 Å². The highest BCUT2D eigenvalue weighted by molar-refractivity contribution is 9.10. The number of carbonyl (C=O) groups excluding carboxylic acids is 2. The summed E-state index contributed by atoms with van der Waals surface area (Å²) in [6, 6.07) is 25.7. The summed E-state index contributed by atoms with van der Waals surface area (Å²) >= 11 is 5.62. The third-order valence-electron chi connectivity index (χ3n) is 17.3. The molecule has 0 aliphatic carbocycles. The van der Waals surface area contributed by atoms with E-state index < -0.39 is 81.7 Å². The highest BCUT2D eigenvalue weighted by Gasteiger charge is 2.35. The van der Waals surface area contributed by atoms with Gasteiger partial charge in [-0.3, -0.25) is 4.79 Å². The Morgan fingerprint density at radius 3 is 1.39 bits per heavy atom. The lowest BCUT2D eigenvalue weighted by atomic mass is 10.0. The van der Waals surface area contributed by atoms with Crippen LogP contribution in [0.15, 0.2) is 129 Å². The van der Waals surface area contributed by atoms with Crippen molar-refractivity contribution in [2.75, 3.05) is 180 Å². The number of methoxy groups -OCH3 is 4. The zero-order valence-electron chi connectivity index (χ0n) is 64.0. The SMILES string of the molecule is COCCOc1ccc(Br)c(F)c1F.COCCOc1ccc(N2CCN(C(=O)C(c3ccccc3)n3ncc4c3nc(N)n3nc(-c5ccco5)nc43)CC2)c(F)c1F.COCCOc1ccc(N2CCN(C(=O)OC(C)(C)C)CC2)c(F)c1F.COCCOc1ccc(N2CCNCC2)c(F)c1F.Cl.Oc1ccc(Br)c(F)c1F. The molecule has 3 saturated heterocycles. The molecule has 3 fully saturated rings. The largest absolute Gasteiger partial charge is 0.505 e. The Labute approximate surface area is 683 Å². The summed E-state index contributed by atoms with van der Waals surface area (Å²) in [6.07, 6.45) is 2.71. The number of aromatic nitrogens is 6. The summed E-state index contributed by atoms with van der Waals surface area (Å²) in [5.74, 6) is -10.6. The number of hydrogen-bond acceptors (Lipinski definition) is 22. The number of phenols is 1. The molecule has 0 saturated carbocycles. The summed E-state index contributed by atoms with van der Waals surface area (Å²) in [5.41, 5.74) is 7.76. The van der Waals surface area contributed by atoms with Crippen molar-refractivity contribution in [2.45, 2.75) is 32.4 Å². The number of ether oxygens (including phenoxy) is 9. The van der Waals surface area contributed by atoms with Gasteiger partial charge in [-0.25, -0.2) is 36.4 Å². The lowest BCUT2D eigenvalue weighted by Gasteiger charge is -2.37. The van der Waals surface area contributed by atoms with Gasteiger partial charge in [0.15, 0.2) is 80.9 Å². The smallest absolute Gasteiger partial charge is 0.410 e. The van der Waals surface area contributed by atoms with Crippen LogP contribution in [0.2, 0.25) is 0 Å². The van der Waals surface area contributed by atoms with E-state index in [9.17, 15) is 49.1 Å². The maximum Gasteiger partial charge on any atom is 0.410 e. The molecular weight excluding hydrogens is 1700 g/mol. The number of fused-ring (bicyclic) bond motifs is 3. The first-order chi connectivity index (χ1) is 55.2. The maximum absolute atomic E-state index is 15.1. The molecule has 3 aliphatic heterocycles. The molecule has 13 rings (SSSR count). The van der Waals surface area contributed by atoms with Crippen LogP contribution in [0, 0.1) is 58.2 Å². The van der Waals surface area contributed by atoms with Crippen molar-refractivity contribution < 1.29 is 106 Å². The minimum atomic E-state index is -1.23. The first-order valence-electron chi connectivity index (χ1n) is 35.8. The van der Waals surface area contributed by atoms with E-state index in [0.717, 1.165) is 19.2 Å². The number of piperazine rings is 3. The van der Waals surface area contributed by atoms with Gasteiger partial charge >= 0.3 is 6.09 Å². The molecule has 1 atom stereocenters. The number of aromatic hydroxyl groups is 1. The molecule has 0 radical (unpaired) electrons. The number of halogens is 13. The van der Waals surface area contributed by atoms with Crippen LogP contribution in [-0.2, 0) is 28.5 Å². The number of carbonyl (C=O) groups is 2. The van der Waals surface area contributed by atoms with E-state index in [1.165, 1.54) is 92.4 Å². The fourth-order valence-corrected chi connectivity index (χ4v) is 12.2. The second-order valence-corrected chi connectivity index (χ2v) is 27.8. The van der Waals surface area contributed by atoms with Gasteiger partial charge < -0.3 is 87.7 Å². The van der Waals surface area contributed by atoms with Crippen LogP contribution in [0.3, 0.4) is 0 Å². The van der Waals surface area contributed by atoms with E-state index in [1.54, 1.807) is 64.8 Å². The number of amides is 2. The normalized spacial score (nSPS) is 13.7. The quantitative estimate of drug-likeness (QED) is 0.0305. The highest BCUT2D eigenvalue weighted by atomic mass is 79.9. The first-order valence-corrected chi connectivity index (χ1v) is 37.4. The predicted molar refractivity (Wildman–Crippen MR) is 420 cm³/mol. The Hall–Kier alpha value is -10.1.